The molecule has 1 heterocycles. The second-order valence-corrected chi connectivity index (χ2v) is 11.3. The van der Waals surface area contributed by atoms with Gasteiger partial charge in [-0.15, -0.1) is 12.4 Å². The molecule has 3 rings (SSSR count). The SMILES string of the molecule is Cc1cc(S(=O)(=O)N(C)[C@]2(C)CC[C@H](N3CCC(C)CC3)C2)c(C)cc1Cl.Cl. The third-order valence-corrected chi connectivity index (χ3v) is 9.45. The van der Waals surface area contributed by atoms with Gasteiger partial charge in [0.2, 0.25) is 10.0 Å². The largest absolute Gasteiger partial charge is 0.300 e. The highest BCUT2D eigenvalue weighted by Crippen LogP contribution is 2.41. The fourth-order valence-electron chi connectivity index (χ4n) is 4.65. The van der Waals surface area contributed by atoms with Crippen molar-refractivity contribution in [1.29, 1.82) is 0 Å². The number of nitrogens with zero attached hydrogens (tertiary/aromatic N) is 2. The number of rotatable bonds is 4. The van der Waals surface area contributed by atoms with Crippen LogP contribution >= 0.6 is 24.0 Å². The van der Waals surface area contributed by atoms with E-state index in [2.05, 4.69) is 18.7 Å². The Morgan fingerprint density at radius 1 is 1.14 bits per heavy atom. The van der Waals surface area contributed by atoms with Gasteiger partial charge in [0, 0.05) is 23.7 Å². The summed E-state index contributed by atoms with van der Waals surface area (Å²) < 4.78 is 28.4. The lowest BCUT2D eigenvalue weighted by molar-refractivity contribution is 0.128. The molecule has 4 nitrogen and oxygen atoms in total. The lowest BCUT2D eigenvalue weighted by Crippen LogP contribution is -2.47. The van der Waals surface area contributed by atoms with E-state index in [1.165, 1.54) is 12.8 Å². The predicted octanol–water partition coefficient (Wildman–Crippen LogP) is 5.04. The summed E-state index contributed by atoms with van der Waals surface area (Å²) in [5.74, 6) is 0.813. The summed E-state index contributed by atoms with van der Waals surface area (Å²) in [6.07, 6.45) is 5.40. The Hall–Kier alpha value is -0.330. The molecule has 0 N–H and O–H groups in total. The molecular formula is C21H34Cl2N2O2S. The van der Waals surface area contributed by atoms with Crippen LogP contribution in [-0.2, 0) is 10.0 Å². The Labute approximate surface area is 182 Å². The fourth-order valence-corrected chi connectivity index (χ4v) is 6.70. The van der Waals surface area contributed by atoms with Crippen molar-refractivity contribution in [3.63, 3.8) is 0 Å². The third-order valence-electron chi connectivity index (χ3n) is 6.88. The van der Waals surface area contributed by atoms with E-state index in [4.69, 9.17) is 11.6 Å². The van der Waals surface area contributed by atoms with Crippen molar-refractivity contribution >= 4 is 34.0 Å². The average Bonchev–Trinajstić information content (AvgIpc) is 3.01. The Bertz CT molecular complexity index is 807. The molecule has 1 saturated carbocycles. The number of hydrogen-bond acceptors (Lipinski definition) is 3. The smallest absolute Gasteiger partial charge is 0.243 e. The standard InChI is InChI=1S/C21H33ClN2O2S.ClH/c1-15-7-10-24(11-8-15)18-6-9-21(4,14-18)23(5)27(25,26)20-13-16(2)19(22)12-17(20)3;/h12-13,15,18H,6-11,14H2,1-5H3;1H/t18-,21+;/m0./s1. The van der Waals surface area contributed by atoms with Crippen molar-refractivity contribution in [2.24, 2.45) is 5.92 Å². The monoisotopic (exact) mass is 448 g/mol. The molecule has 0 unspecified atom stereocenters. The van der Waals surface area contributed by atoms with E-state index in [-0.39, 0.29) is 17.9 Å². The van der Waals surface area contributed by atoms with Crippen LogP contribution in [0, 0.1) is 19.8 Å². The molecule has 160 valence electrons. The van der Waals surface area contributed by atoms with Gasteiger partial charge in [-0.3, -0.25) is 0 Å². The summed E-state index contributed by atoms with van der Waals surface area (Å²) >= 11 is 6.17. The van der Waals surface area contributed by atoms with Crippen LogP contribution in [0.5, 0.6) is 0 Å². The molecule has 2 aliphatic rings. The van der Waals surface area contributed by atoms with Crippen molar-refractivity contribution in [1.82, 2.24) is 9.21 Å². The predicted molar refractivity (Wildman–Crippen MR) is 119 cm³/mol. The van der Waals surface area contributed by atoms with Gasteiger partial charge in [-0.1, -0.05) is 18.5 Å². The summed E-state index contributed by atoms with van der Waals surface area (Å²) in [4.78, 5) is 2.96. The molecule has 1 aromatic carbocycles. The van der Waals surface area contributed by atoms with E-state index in [0.717, 1.165) is 43.8 Å². The Balaban J connectivity index is 0.00000280. The maximum Gasteiger partial charge on any atom is 0.243 e. The maximum absolute atomic E-state index is 13.4. The summed E-state index contributed by atoms with van der Waals surface area (Å²) in [6.45, 7) is 10.4. The van der Waals surface area contributed by atoms with Crippen molar-refractivity contribution in [2.45, 2.75) is 76.3 Å². The van der Waals surface area contributed by atoms with Gasteiger partial charge in [-0.05, 0) is 95.1 Å². The first-order chi connectivity index (χ1) is 12.5. The normalized spacial score (nSPS) is 27.2. The minimum atomic E-state index is -3.56. The number of aryl methyl sites for hydroxylation is 2. The third kappa shape index (κ3) is 4.54. The Morgan fingerprint density at radius 2 is 1.75 bits per heavy atom. The van der Waals surface area contributed by atoms with E-state index in [1.807, 2.05) is 13.8 Å². The van der Waals surface area contributed by atoms with E-state index in [0.29, 0.717) is 21.5 Å². The quantitative estimate of drug-likeness (QED) is 0.647. The molecule has 0 aromatic heterocycles. The van der Waals surface area contributed by atoms with Gasteiger partial charge in [0.15, 0.2) is 0 Å². The zero-order valence-corrected chi connectivity index (χ0v) is 20.1. The van der Waals surface area contributed by atoms with Crippen LogP contribution in [0.1, 0.15) is 57.1 Å². The molecular weight excluding hydrogens is 415 g/mol. The molecule has 1 aliphatic heterocycles. The second-order valence-electron chi connectivity index (χ2n) is 8.95. The maximum atomic E-state index is 13.4. The van der Waals surface area contributed by atoms with Crippen molar-refractivity contribution in [3.8, 4) is 0 Å². The molecule has 0 amide bonds. The second kappa shape index (κ2) is 8.81. The van der Waals surface area contributed by atoms with Crippen LogP contribution in [0.2, 0.25) is 5.02 Å². The first-order valence-corrected chi connectivity index (χ1v) is 11.9. The molecule has 28 heavy (non-hydrogen) atoms. The molecule has 1 saturated heterocycles. The van der Waals surface area contributed by atoms with Gasteiger partial charge in [0.05, 0.1) is 4.90 Å². The van der Waals surface area contributed by atoms with Crippen molar-refractivity contribution < 1.29 is 8.42 Å². The number of sulfonamides is 1. The van der Waals surface area contributed by atoms with Crippen LogP contribution in [-0.4, -0.2) is 49.3 Å². The van der Waals surface area contributed by atoms with Gasteiger partial charge >= 0.3 is 0 Å². The first kappa shape index (κ1) is 23.9. The highest BCUT2D eigenvalue weighted by molar-refractivity contribution is 7.89. The summed E-state index contributed by atoms with van der Waals surface area (Å²) in [5, 5.41) is 0.612. The van der Waals surface area contributed by atoms with E-state index in [1.54, 1.807) is 23.5 Å². The number of benzene rings is 1. The lowest BCUT2D eigenvalue weighted by atomic mass is 9.96. The van der Waals surface area contributed by atoms with Crippen LogP contribution in [0.15, 0.2) is 17.0 Å². The van der Waals surface area contributed by atoms with Gasteiger partial charge in [-0.2, -0.15) is 4.31 Å². The van der Waals surface area contributed by atoms with Crippen LogP contribution in [0.3, 0.4) is 0 Å². The molecule has 1 aliphatic carbocycles. The van der Waals surface area contributed by atoms with Crippen molar-refractivity contribution in [3.05, 3.63) is 28.3 Å². The zero-order chi connectivity index (χ0) is 20.0. The molecule has 0 radical (unpaired) electrons. The zero-order valence-electron chi connectivity index (χ0n) is 17.7. The van der Waals surface area contributed by atoms with Gasteiger partial charge in [0.1, 0.15) is 0 Å². The van der Waals surface area contributed by atoms with Crippen LogP contribution in [0.25, 0.3) is 0 Å². The molecule has 7 heteroatoms. The highest BCUT2D eigenvalue weighted by atomic mass is 35.5. The fraction of sp³-hybridized carbons (Fsp3) is 0.714. The summed E-state index contributed by atoms with van der Waals surface area (Å²) in [7, 11) is -1.81. The topological polar surface area (TPSA) is 40.6 Å². The number of halogens is 2. The highest BCUT2D eigenvalue weighted by Gasteiger charge is 2.45. The van der Waals surface area contributed by atoms with Gasteiger partial charge < -0.3 is 4.90 Å². The number of piperidine rings is 1. The minimum Gasteiger partial charge on any atom is -0.300 e. The van der Waals surface area contributed by atoms with Crippen LogP contribution < -0.4 is 0 Å². The molecule has 0 spiro atoms. The molecule has 0 bridgehead atoms. The summed E-state index contributed by atoms with van der Waals surface area (Å²) in [6, 6.07) is 3.96. The number of likely N-dealkylation sites (tertiary alicyclic amines) is 1. The lowest BCUT2D eigenvalue weighted by Gasteiger charge is -2.38. The number of hydrogen-bond donors (Lipinski definition) is 0. The Kier molecular flexibility index (Phi) is 7.53. The summed E-state index contributed by atoms with van der Waals surface area (Å²) in [5.41, 5.74) is 1.17. The first-order valence-electron chi connectivity index (χ1n) is 10.0. The average molecular weight is 449 g/mol. The van der Waals surface area contributed by atoms with Gasteiger partial charge in [-0.25, -0.2) is 8.42 Å². The minimum absolute atomic E-state index is 0. The van der Waals surface area contributed by atoms with Gasteiger partial charge in [0.25, 0.3) is 0 Å². The van der Waals surface area contributed by atoms with Crippen molar-refractivity contribution in [2.75, 3.05) is 20.1 Å². The molecule has 2 atom stereocenters. The Morgan fingerprint density at radius 3 is 2.36 bits per heavy atom. The molecule has 1 aromatic rings. The van der Waals surface area contributed by atoms with E-state index >= 15 is 0 Å². The molecule has 2 fully saturated rings. The van der Waals surface area contributed by atoms with Crippen LogP contribution in [0.4, 0.5) is 0 Å². The van der Waals surface area contributed by atoms with E-state index < -0.39 is 10.0 Å². The van der Waals surface area contributed by atoms with E-state index in [9.17, 15) is 8.42 Å².